The van der Waals surface area contributed by atoms with Gasteiger partial charge >= 0.3 is 0 Å². The van der Waals surface area contributed by atoms with Crippen LogP contribution >= 0.6 is 0 Å². The molecule has 1 aromatic rings. The highest BCUT2D eigenvalue weighted by Gasteiger charge is 2.25. The van der Waals surface area contributed by atoms with Crippen LogP contribution in [-0.2, 0) is 15.5 Å². The molecule has 0 amide bonds. The summed E-state index contributed by atoms with van der Waals surface area (Å²) in [6.07, 6.45) is 0. The first-order valence-corrected chi connectivity index (χ1v) is 10.8. The molecule has 0 spiro atoms. The van der Waals surface area contributed by atoms with Gasteiger partial charge in [-0.2, -0.15) is 0 Å². The number of morpholine rings is 1. The van der Waals surface area contributed by atoms with Crippen LogP contribution in [0, 0.1) is 0 Å². The summed E-state index contributed by atoms with van der Waals surface area (Å²) in [7, 11) is -1.04. The minimum atomic E-state index is -1.04. The standard InChI is InChI=1S/C19H32N4O3S/c1-3-20-18(21-9-14-27(25)17-7-5-4-6-8-17)22-15-19(2,24)16-23-10-12-26-13-11-23/h4-8,24H,3,9-16H2,1-2H3,(H2,20,21,22). The van der Waals surface area contributed by atoms with E-state index in [4.69, 9.17) is 4.74 Å². The number of aliphatic hydroxyl groups is 1. The lowest BCUT2D eigenvalue weighted by molar-refractivity contribution is -0.0179. The number of ether oxygens (including phenoxy) is 1. The number of aliphatic imine (C=N–C) groups is 1. The van der Waals surface area contributed by atoms with E-state index in [-0.39, 0.29) is 0 Å². The van der Waals surface area contributed by atoms with Gasteiger partial charge in [-0.15, -0.1) is 0 Å². The van der Waals surface area contributed by atoms with E-state index in [2.05, 4.69) is 20.5 Å². The van der Waals surface area contributed by atoms with Gasteiger partial charge in [0.15, 0.2) is 5.96 Å². The third-order valence-electron chi connectivity index (χ3n) is 4.18. The second kappa shape index (κ2) is 11.4. The van der Waals surface area contributed by atoms with Crippen molar-refractivity contribution >= 4 is 16.8 Å². The predicted molar refractivity (Wildman–Crippen MR) is 110 cm³/mol. The zero-order valence-electron chi connectivity index (χ0n) is 16.3. The molecule has 2 rings (SSSR count). The molecule has 3 N–H and O–H groups in total. The number of guanidine groups is 1. The lowest BCUT2D eigenvalue weighted by atomic mass is 10.1. The van der Waals surface area contributed by atoms with Gasteiger partial charge in [-0.05, 0) is 26.0 Å². The lowest BCUT2D eigenvalue weighted by Gasteiger charge is -2.33. The van der Waals surface area contributed by atoms with E-state index in [1.165, 1.54) is 0 Å². The molecule has 27 heavy (non-hydrogen) atoms. The quantitative estimate of drug-likeness (QED) is 0.415. The predicted octanol–water partition coefficient (Wildman–Crippen LogP) is 0.433. The van der Waals surface area contributed by atoms with Crippen LogP contribution in [-0.4, -0.2) is 84.0 Å². The Morgan fingerprint density at radius 2 is 2.00 bits per heavy atom. The van der Waals surface area contributed by atoms with Gasteiger partial charge < -0.3 is 20.5 Å². The number of rotatable bonds is 9. The number of nitrogens with one attached hydrogen (secondary N) is 2. The molecular formula is C19H32N4O3S. The molecule has 1 aliphatic rings. The lowest BCUT2D eigenvalue weighted by Crippen LogP contribution is -2.48. The van der Waals surface area contributed by atoms with Crippen molar-refractivity contribution in [2.75, 3.05) is 58.2 Å². The summed E-state index contributed by atoms with van der Waals surface area (Å²) in [6, 6.07) is 9.44. The number of benzene rings is 1. The van der Waals surface area contributed by atoms with Gasteiger partial charge in [-0.3, -0.25) is 14.1 Å². The molecule has 0 aliphatic carbocycles. The van der Waals surface area contributed by atoms with Crippen molar-refractivity contribution in [3.05, 3.63) is 30.3 Å². The molecule has 1 fully saturated rings. The molecule has 1 saturated heterocycles. The third-order valence-corrected chi connectivity index (χ3v) is 5.55. The molecule has 7 nitrogen and oxygen atoms in total. The van der Waals surface area contributed by atoms with Crippen molar-refractivity contribution < 1.29 is 14.1 Å². The maximum Gasteiger partial charge on any atom is 0.191 e. The Balaban J connectivity index is 1.81. The van der Waals surface area contributed by atoms with Crippen molar-refractivity contribution in [3.8, 4) is 0 Å². The zero-order valence-corrected chi connectivity index (χ0v) is 17.1. The summed E-state index contributed by atoms with van der Waals surface area (Å²) >= 11 is 0. The van der Waals surface area contributed by atoms with Crippen molar-refractivity contribution in [1.82, 2.24) is 15.5 Å². The summed E-state index contributed by atoms with van der Waals surface area (Å²) in [4.78, 5) is 7.53. The van der Waals surface area contributed by atoms with Gasteiger partial charge in [0.1, 0.15) is 0 Å². The summed E-state index contributed by atoms with van der Waals surface area (Å²) in [5.41, 5.74) is -0.910. The average molecular weight is 397 g/mol. The Labute approximate surface area is 164 Å². The fraction of sp³-hybridized carbons (Fsp3) is 0.632. The Morgan fingerprint density at radius 3 is 2.67 bits per heavy atom. The first-order chi connectivity index (χ1) is 13.0. The topological polar surface area (TPSA) is 86.2 Å². The van der Waals surface area contributed by atoms with E-state index < -0.39 is 16.4 Å². The molecular weight excluding hydrogens is 364 g/mol. The van der Waals surface area contributed by atoms with Gasteiger partial charge in [0, 0.05) is 43.4 Å². The van der Waals surface area contributed by atoms with Gasteiger partial charge in [0.2, 0.25) is 0 Å². The van der Waals surface area contributed by atoms with E-state index in [1.54, 1.807) is 6.92 Å². The monoisotopic (exact) mass is 396 g/mol. The van der Waals surface area contributed by atoms with Crippen molar-refractivity contribution in [2.24, 2.45) is 4.99 Å². The highest BCUT2D eigenvalue weighted by atomic mass is 32.2. The van der Waals surface area contributed by atoms with Crippen molar-refractivity contribution in [2.45, 2.75) is 24.3 Å². The van der Waals surface area contributed by atoms with Gasteiger partial charge in [-0.25, -0.2) is 0 Å². The van der Waals surface area contributed by atoms with E-state index >= 15 is 0 Å². The average Bonchev–Trinajstić information content (AvgIpc) is 2.67. The Kier molecular flexibility index (Phi) is 9.20. The SMILES string of the molecule is CCNC(=NCC(C)(O)CN1CCOCC1)NCCS(=O)c1ccccc1. The van der Waals surface area contributed by atoms with Crippen molar-refractivity contribution in [1.29, 1.82) is 0 Å². The van der Waals surface area contributed by atoms with Gasteiger partial charge in [0.25, 0.3) is 0 Å². The van der Waals surface area contributed by atoms with Gasteiger partial charge in [-0.1, -0.05) is 18.2 Å². The minimum absolute atomic E-state index is 0.293. The van der Waals surface area contributed by atoms with Crippen LogP contribution in [0.2, 0.25) is 0 Å². The normalized spacial score (nSPS) is 19.3. The largest absolute Gasteiger partial charge is 0.387 e. The maximum absolute atomic E-state index is 12.3. The molecule has 1 aromatic carbocycles. The number of hydrogen-bond donors (Lipinski definition) is 3. The fourth-order valence-corrected chi connectivity index (χ4v) is 3.82. The fourth-order valence-electron chi connectivity index (χ4n) is 2.83. The Bertz CT molecular complexity index is 604. The summed E-state index contributed by atoms with van der Waals surface area (Å²) < 4.78 is 17.6. The van der Waals surface area contributed by atoms with E-state index in [1.807, 2.05) is 37.3 Å². The van der Waals surface area contributed by atoms with Crippen LogP contribution < -0.4 is 10.6 Å². The van der Waals surface area contributed by atoms with Crippen LogP contribution in [0.25, 0.3) is 0 Å². The summed E-state index contributed by atoms with van der Waals surface area (Å²) in [5.74, 6) is 1.13. The van der Waals surface area contributed by atoms with Gasteiger partial charge in [0.05, 0.1) is 36.2 Å². The molecule has 0 bridgehead atoms. The molecule has 0 radical (unpaired) electrons. The molecule has 152 valence electrons. The van der Waals surface area contributed by atoms with E-state index in [0.29, 0.717) is 44.6 Å². The molecule has 2 atom stereocenters. The van der Waals surface area contributed by atoms with Crippen molar-refractivity contribution in [3.63, 3.8) is 0 Å². The number of nitrogens with zero attached hydrogens (tertiary/aromatic N) is 2. The Morgan fingerprint density at radius 1 is 1.30 bits per heavy atom. The Hall–Kier alpha value is -1.48. The second-order valence-corrected chi connectivity index (χ2v) is 8.44. The molecule has 0 aromatic heterocycles. The first kappa shape index (κ1) is 21.8. The van der Waals surface area contributed by atoms with Crippen LogP contribution in [0.3, 0.4) is 0 Å². The highest BCUT2D eigenvalue weighted by molar-refractivity contribution is 7.85. The molecule has 2 unspecified atom stereocenters. The third kappa shape index (κ3) is 8.38. The van der Waals surface area contributed by atoms with E-state index in [0.717, 1.165) is 24.5 Å². The number of β-amino-alcohol motifs (C(OH)–C–C–N with tert-alkyl or cyclic N) is 1. The maximum atomic E-state index is 12.3. The summed E-state index contributed by atoms with van der Waals surface area (Å²) in [5, 5.41) is 17.0. The molecule has 1 aliphatic heterocycles. The molecule has 0 saturated carbocycles. The first-order valence-electron chi connectivity index (χ1n) is 9.48. The van der Waals surface area contributed by atoms with Crippen LogP contribution in [0.5, 0.6) is 0 Å². The van der Waals surface area contributed by atoms with E-state index in [9.17, 15) is 9.32 Å². The smallest absolute Gasteiger partial charge is 0.191 e. The van der Waals surface area contributed by atoms with Crippen LogP contribution in [0.1, 0.15) is 13.8 Å². The second-order valence-electron chi connectivity index (χ2n) is 6.87. The van der Waals surface area contributed by atoms with Crippen LogP contribution in [0.4, 0.5) is 0 Å². The number of hydrogen-bond acceptors (Lipinski definition) is 5. The molecule has 1 heterocycles. The van der Waals surface area contributed by atoms with Crippen LogP contribution in [0.15, 0.2) is 40.2 Å². The molecule has 8 heteroatoms. The highest BCUT2D eigenvalue weighted by Crippen LogP contribution is 2.09. The minimum Gasteiger partial charge on any atom is -0.387 e. The zero-order chi connectivity index (χ0) is 19.5. The summed E-state index contributed by atoms with van der Waals surface area (Å²) in [6.45, 7) is 9.01.